The fourth-order valence-electron chi connectivity index (χ4n) is 5.43. The first-order valence-electron chi connectivity index (χ1n) is 13.8. The summed E-state index contributed by atoms with van der Waals surface area (Å²) in [5, 5.41) is 0.602. The number of nitrogens with zero attached hydrogens (tertiary/aromatic N) is 2. The minimum Gasteiger partial charge on any atom is -0.494 e. The first-order chi connectivity index (χ1) is 19.5. The van der Waals surface area contributed by atoms with E-state index in [2.05, 4.69) is 0 Å². The van der Waals surface area contributed by atoms with Crippen LogP contribution in [0.3, 0.4) is 0 Å². The van der Waals surface area contributed by atoms with Gasteiger partial charge in [-0.25, -0.2) is 0 Å². The van der Waals surface area contributed by atoms with Crippen LogP contribution in [0, 0.1) is 5.41 Å². The van der Waals surface area contributed by atoms with Crippen molar-refractivity contribution in [2.45, 2.75) is 59.0 Å². The summed E-state index contributed by atoms with van der Waals surface area (Å²) < 4.78 is 10.7. The molecular weight excluding hydrogens is 540 g/mol. The van der Waals surface area contributed by atoms with Gasteiger partial charge in [-0.05, 0) is 100 Å². The highest BCUT2D eigenvalue weighted by molar-refractivity contribution is 6.30. The summed E-state index contributed by atoms with van der Waals surface area (Å²) in [5.74, 6) is 0.225. The number of rotatable bonds is 9. The van der Waals surface area contributed by atoms with Crippen molar-refractivity contribution < 1.29 is 23.9 Å². The van der Waals surface area contributed by atoms with E-state index in [1.165, 1.54) is 7.11 Å². The van der Waals surface area contributed by atoms with Crippen molar-refractivity contribution in [3.63, 3.8) is 0 Å². The van der Waals surface area contributed by atoms with Crippen molar-refractivity contribution >= 4 is 40.8 Å². The second kappa shape index (κ2) is 12.8. The van der Waals surface area contributed by atoms with Gasteiger partial charge in [-0.3, -0.25) is 14.4 Å². The second-order valence-corrected chi connectivity index (χ2v) is 11.5. The molecule has 0 N–H and O–H groups in total. The van der Waals surface area contributed by atoms with E-state index in [0.29, 0.717) is 42.2 Å². The Labute approximate surface area is 247 Å². The number of fused-ring (bicyclic) bond motifs is 1. The summed E-state index contributed by atoms with van der Waals surface area (Å²) in [4.78, 5) is 42.2. The lowest BCUT2D eigenvalue weighted by atomic mass is 9.88. The molecule has 0 aliphatic carbocycles. The second-order valence-electron chi connectivity index (χ2n) is 11.1. The highest BCUT2D eigenvalue weighted by Gasteiger charge is 2.38. The highest BCUT2D eigenvalue weighted by Crippen LogP contribution is 2.43. The number of halogens is 1. The van der Waals surface area contributed by atoms with Crippen LogP contribution < -0.4 is 14.5 Å². The molecule has 1 aliphatic rings. The average molecular weight is 577 g/mol. The number of carbonyl (C=O) groups is 3. The summed E-state index contributed by atoms with van der Waals surface area (Å²) in [6, 6.07) is 21.7. The first kappa shape index (κ1) is 30.1. The van der Waals surface area contributed by atoms with Gasteiger partial charge in [-0.2, -0.15) is 0 Å². The third-order valence-corrected chi connectivity index (χ3v) is 7.84. The minimum absolute atomic E-state index is 0.0800. The van der Waals surface area contributed by atoms with E-state index >= 15 is 0 Å². The van der Waals surface area contributed by atoms with E-state index in [-0.39, 0.29) is 29.9 Å². The number of esters is 1. The number of anilines is 2. The van der Waals surface area contributed by atoms with E-state index in [4.69, 9.17) is 21.1 Å². The molecule has 3 aromatic rings. The van der Waals surface area contributed by atoms with E-state index in [1.54, 1.807) is 48.2 Å². The van der Waals surface area contributed by atoms with Gasteiger partial charge in [0.15, 0.2) is 0 Å². The SMILES string of the molecule is COC(=O)C(C)(C)CCCOc1ccc(C(=O)N2c3ccccc3C(N(C(C)=O)c3ccc(Cl)cc3)CC2C)cc1. The van der Waals surface area contributed by atoms with Gasteiger partial charge in [-0.15, -0.1) is 0 Å². The zero-order valence-electron chi connectivity index (χ0n) is 24.2. The molecule has 2 unspecified atom stereocenters. The van der Waals surface area contributed by atoms with Gasteiger partial charge in [-0.1, -0.05) is 29.8 Å². The summed E-state index contributed by atoms with van der Waals surface area (Å²) in [7, 11) is 1.40. The summed E-state index contributed by atoms with van der Waals surface area (Å²) >= 11 is 6.10. The van der Waals surface area contributed by atoms with Crippen LogP contribution >= 0.6 is 11.6 Å². The summed E-state index contributed by atoms with van der Waals surface area (Å²) in [6.07, 6.45) is 1.91. The molecule has 0 fully saturated rings. The largest absolute Gasteiger partial charge is 0.494 e. The lowest BCUT2D eigenvalue weighted by Crippen LogP contribution is -2.47. The van der Waals surface area contributed by atoms with Gasteiger partial charge >= 0.3 is 5.97 Å². The minimum atomic E-state index is -0.564. The predicted octanol–water partition coefficient (Wildman–Crippen LogP) is 7.23. The van der Waals surface area contributed by atoms with E-state index in [0.717, 1.165) is 16.9 Å². The third kappa shape index (κ3) is 6.73. The maximum absolute atomic E-state index is 13.8. The lowest BCUT2D eigenvalue weighted by Gasteiger charge is -2.43. The van der Waals surface area contributed by atoms with Crippen LogP contribution in [0.4, 0.5) is 11.4 Å². The molecule has 0 saturated heterocycles. The fourth-order valence-corrected chi connectivity index (χ4v) is 5.56. The van der Waals surface area contributed by atoms with E-state index in [1.807, 2.05) is 62.1 Å². The summed E-state index contributed by atoms with van der Waals surface area (Å²) in [6.45, 7) is 7.73. The Kier molecular flexibility index (Phi) is 9.38. The van der Waals surface area contributed by atoms with Crippen LogP contribution in [0.1, 0.15) is 68.9 Å². The van der Waals surface area contributed by atoms with Crippen LogP contribution in [0.25, 0.3) is 0 Å². The maximum Gasteiger partial charge on any atom is 0.311 e. The Morgan fingerprint density at radius 3 is 2.29 bits per heavy atom. The molecule has 216 valence electrons. The molecule has 0 aromatic heterocycles. The first-order valence-corrected chi connectivity index (χ1v) is 14.2. The van der Waals surface area contributed by atoms with Gasteiger partial charge in [0, 0.05) is 34.9 Å². The summed E-state index contributed by atoms with van der Waals surface area (Å²) in [5.41, 5.74) is 2.45. The normalized spacial score (nSPS) is 16.5. The number of carbonyl (C=O) groups excluding carboxylic acids is 3. The molecule has 8 heteroatoms. The Morgan fingerprint density at radius 1 is 1.00 bits per heavy atom. The number of amides is 2. The Bertz CT molecular complexity index is 1390. The Hall–Kier alpha value is -3.84. The third-order valence-electron chi connectivity index (χ3n) is 7.59. The van der Waals surface area contributed by atoms with Gasteiger partial charge in [0.2, 0.25) is 5.91 Å². The smallest absolute Gasteiger partial charge is 0.311 e. The molecule has 0 spiro atoms. The number of ether oxygens (including phenoxy) is 2. The van der Waals surface area contributed by atoms with Crippen LogP contribution in [0.2, 0.25) is 5.02 Å². The van der Waals surface area contributed by atoms with Crippen LogP contribution in [-0.4, -0.2) is 37.5 Å². The fraction of sp³-hybridized carbons (Fsp3) is 0.364. The van der Waals surface area contributed by atoms with Crippen molar-refractivity contribution in [1.82, 2.24) is 0 Å². The standard InChI is InChI=1S/C33H37ClN2O5/c1-22-21-30(36(23(2)37)26-15-13-25(34)14-16-26)28-9-6-7-10-29(28)35(22)31(38)24-11-17-27(18-12-24)41-20-8-19-33(3,4)32(39)40-5/h6-7,9-18,22,30H,8,19-21H2,1-5H3. The molecule has 7 nitrogen and oxygen atoms in total. The molecule has 0 saturated carbocycles. The average Bonchev–Trinajstić information content (AvgIpc) is 2.96. The number of methoxy groups -OCH3 is 1. The van der Waals surface area contributed by atoms with Gasteiger partial charge in [0.25, 0.3) is 5.91 Å². The molecule has 2 atom stereocenters. The molecule has 4 rings (SSSR count). The molecule has 2 amide bonds. The quantitative estimate of drug-likeness (QED) is 0.198. The van der Waals surface area contributed by atoms with E-state index in [9.17, 15) is 14.4 Å². The number of benzene rings is 3. The van der Waals surface area contributed by atoms with Gasteiger partial charge < -0.3 is 19.3 Å². The van der Waals surface area contributed by atoms with E-state index < -0.39 is 5.41 Å². The van der Waals surface area contributed by atoms with Crippen molar-refractivity contribution in [3.05, 3.63) is 88.9 Å². The monoisotopic (exact) mass is 576 g/mol. The van der Waals surface area contributed by atoms with Crippen molar-refractivity contribution in [2.75, 3.05) is 23.5 Å². The zero-order valence-corrected chi connectivity index (χ0v) is 25.0. The van der Waals surface area contributed by atoms with Gasteiger partial charge in [0.05, 0.1) is 25.2 Å². The van der Waals surface area contributed by atoms with Crippen molar-refractivity contribution in [2.24, 2.45) is 5.41 Å². The highest BCUT2D eigenvalue weighted by atomic mass is 35.5. The van der Waals surface area contributed by atoms with Crippen molar-refractivity contribution in [1.29, 1.82) is 0 Å². The van der Waals surface area contributed by atoms with Crippen molar-refractivity contribution in [3.8, 4) is 5.75 Å². The number of hydrogen-bond donors (Lipinski definition) is 0. The Morgan fingerprint density at radius 2 is 1.66 bits per heavy atom. The molecule has 3 aromatic carbocycles. The molecule has 0 bridgehead atoms. The molecule has 1 aliphatic heterocycles. The maximum atomic E-state index is 13.8. The lowest BCUT2D eigenvalue weighted by molar-refractivity contribution is -0.151. The topological polar surface area (TPSA) is 76.2 Å². The molecule has 0 radical (unpaired) electrons. The molecular formula is C33H37ClN2O5. The van der Waals surface area contributed by atoms with Crippen LogP contribution in [0.15, 0.2) is 72.8 Å². The number of para-hydroxylation sites is 1. The Balaban J connectivity index is 1.50. The predicted molar refractivity (Wildman–Crippen MR) is 162 cm³/mol. The zero-order chi connectivity index (χ0) is 29.7. The molecule has 1 heterocycles. The van der Waals surface area contributed by atoms with Crippen LogP contribution in [-0.2, 0) is 14.3 Å². The van der Waals surface area contributed by atoms with Gasteiger partial charge in [0.1, 0.15) is 5.75 Å². The molecule has 41 heavy (non-hydrogen) atoms. The number of hydrogen-bond acceptors (Lipinski definition) is 5. The van der Waals surface area contributed by atoms with Crippen LogP contribution in [0.5, 0.6) is 5.75 Å².